The van der Waals surface area contributed by atoms with Gasteiger partial charge in [0.2, 0.25) is 5.91 Å². The Hall–Kier alpha value is -1.05. The number of aliphatic hydroxyl groups excluding tert-OH is 1. The van der Waals surface area contributed by atoms with E-state index in [4.69, 9.17) is 15.9 Å². The van der Waals surface area contributed by atoms with E-state index in [0.717, 1.165) is 0 Å². The fourth-order valence-corrected chi connectivity index (χ4v) is 3.24. The molecule has 1 saturated heterocycles. The molecular weight excluding hydrogens is 244 g/mol. The number of thioether (sulfide) groups is 1. The van der Waals surface area contributed by atoms with Gasteiger partial charge in [-0.1, -0.05) is 0 Å². The van der Waals surface area contributed by atoms with Gasteiger partial charge in [0.15, 0.2) is 0 Å². The minimum atomic E-state index is -1.09. The highest BCUT2D eigenvalue weighted by atomic mass is 32.2. The van der Waals surface area contributed by atoms with Gasteiger partial charge in [-0.25, -0.2) is 4.79 Å². The maximum absolute atomic E-state index is 11.6. The van der Waals surface area contributed by atoms with Crippen LogP contribution in [0.5, 0.6) is 0 Å². The highest BCUT2D eigenvalue weighted by Crippen LogP contribution is 2.45. The van der Waals surface area contributed by atoms with Crippen LogP contribution < -0.4 is 5.73 Å². The first-order chi connectivity index (χ1) is 8.11. The van der Waals surface area contributed by atoms with Gasteiger partial charge in [-0.05, 0) is 0 Å². The van der Waals surface area contributed by atoms with Crippen molar-refractivity contribution in [2.24, 2.45) is 11.7 Å². The highest BCUT2D eigenvalue weighted by Gasteiger charge is 2.54. The number of β-lactam (4-membered cyclic amide) rings is 1. The Balaban J connectivity index is 2.20. The third-order valence-corrected chi connectivity index (χ3v) is 4.19. The lowest BCUT2D eigenvalue weighted by molar-refractivity contribution is -0.157. The number of amides is 1. The quantitative estimate of drug-likeness (QED) is 0.558. The molecule has 17 heavy (non-hydrogen) atoms. The number of aliphatic hydroxyl groups is 1. The monoisotopic (exact) mass is 258 g/mol. The lowest BCUT2D eigenvalue weighted by Gasteiger charge is -2.42. The van der Waals surface area contributed by atoms with Gasteiger partial charge < -0.3 is 20.8 Å². The third-order valence-electron chi connectivity index (χ3n) is 3.04. The molecule has 1 amide bonds. The van der Waals surface area contributed by atoms with E-state index >= 15 is 0 Å². The summed E-state index contributed by atoms with van der Waals surface area (Å²) in [4.78, 5) is 24.8. The van der Waals surface area contributed by atoms with Gasteiger partial charge in [-0.3, -0.25) is 4.79 Å². The second-order valence-electron chi connectivity index (χ2n) is 3.98. The summed E-state index contributed by atoms with van der Waals surface area (Å²) in [6.45, 7) is 0.241. The molecule has 0 aromatic carbocycles. The topological polar surface area (TPSA) is 104 Å². The molecule has 0 aromatic heterocycles. The van der Waals surface area contributed by atoms with Crippen molar-refractivity contribution in [1.29, 1.82) is 0 Å². The van der Waals surface area contributed by atoms with Crippen LogP contribution in [-0.4, -0.2) is 51.9 Å². The Labute approximate surface area is 102 Å². The fourth-order valence-electron chi connectivity index (χ4n) is 2.27. The summed E-state index contributed by atoms with van der Waals surface area (Å²) >= 11 is 1.38. The first-order valence-electron chi connectivity index (χ1n) is 5.35. The molecule has 2 heterocycles. The van der Waals surface area contributed by atoms with E-state index in [0.29, 0.717) is 23.6 Å². The SMILES string of the molecule is NCCSC1=C(C(=O)O)N2C(=O)[C@H](CO)[C@H]2C1. The summed E-state index contributed by atoms with van der Waals surface area (Å²) in [6, 6.07) is -0.182. The molecule has 94 valence electrons. The van der Waals surface area contributed by atoms with Crippen LogP contribution in [0.15, 0.2) is 10.6 Å². The molecule has 2 aliphatic rings. The maximum Gasteiger partial charge on any atom is 0.353 e. The van der Waals surface area contributed by atoms with Crippen molar-refractivity contribution in [3.8, 4) is 0 Å². The molecule has 0 aliphatic carbocycles. The number of carbonyl (C=O) groups is 2. The average Bonchev–Trinajstić information content (AvgIpc) is 2.62. The predicted octanol–water partition coefficient (Wildman–Crippen LogP) is -0.802. The standard InChI is InChI=1S/C10H14N2O4S/c11-1-2-17-7-3-6-5(4-13)9(14)12(6)8(7)10(15)16/h5-6,13H,1-4,11H2,(H,15,16)/t5-,6-/m1/s1. The van der Waals surface area contributed by atoms with Crippen LogP contribution in [-0.2, 0) is 9.59 Å². The minimum Gasteiger partial charge on any atom is -0.477 e. The van der Waals surface area contributed by atoms with Crippen molar-refractivity contribution >= 4 is 23.6 Å². The number of hydrogen-bond donors (Lipinski definition) is 3. The lowest BCUT2D eigenvalue weighted by Crippen LogP contribution is -2.59. The van der Waals surface area contributed by atoms with Crippen LogP contribution in [0.2, 0.25) is 0 Å². The van der Waals surface area contributed by atoms with Crippen molar-refractivity contribution in [1.82, 2.24) is 4.90 Å². The number of aliphatic carboxylic acids is 1. The Kier molecular flexibility index (Phi) is 3.41. The predicted molar refractivity (Wildman–Crippen MR) is 62.0 cm³/mol. The second-order valence-corrected chi connectivity index (χ2v) is 5.17. The molecule has 0 bridgehead atoms. The third kappa shape index (κ3) is 1.84. The number of hydrogen-bond acceptors (Lipinski definition) is 5. The van der Waals surface area contributed by atoms with Gasteiger partial charge >= 0.3 is 5.97 Å². The molecule has 0 saturated carbocycles. The first kappa shape index (κ1) is 12.4. The van der Waals surface area contributed by atoms with Crippen molar-refractivity contribution in [2.75, 3.05) is 18.9 Å². The molecule has 0 unspecified atom stereocenters. The molecule has 0 radical (unpaired) electrons. The molecule has 0 spiro atoms. The van der Waals surface area contributed by atoms with Crippen LogP contribution in [0.1, 0.15) is 6.42 Å². The van der Waals surface area contributed by atoms with Crippen molar-refractivity contribution in [3.05, 3.63) is 10.6 Å². The maximum atomic E-state index is 11.6. The summed E-state index contributed by atoms with van der Waals surface area (Å²) in [5.74, 6) is -1.19. The van der Waals surface area contributed by atoms with Gasteiger partial charge in [0, 0.05) is 23.6 Å². The number of rotatable bonds is 5. The van der Waals surface area contributed by atoms with E-state index in [9.17, 15) is 9.59 Å². The van der Waals surface area contributed by atoms with Crippen molar-refractivity contribution < 1.29 is 19.8 Å². The van der Waals surface area contributed by atoms with Gasteiger partial charge in [-0.15, -0.1) is 11.8 Å². The van der Waals surface area contributed by atoms with Gasteiger partial charge in [0.05, 0.1) is 18.6 Å². The largest absolute Gasteiger partial charge is 0.477 e. The molecular formula is C10H14N2O4S. The van der Waals surface area contributed by atoms with E-state index in [2.05, 4.69) is 0 Å². The average molecular weight is 258 g/mol. The Morgan fingerprint density at radius 3 is 2.82 bits per heavy atom. The van der Waals surface area contributed by atoms with Crippen LogP contribution in [0, 0.1) is 5.92 Å². The van der Waals surface area contributed by atoms with E-state index in [1.807, 2.05) is 0 Å². The van der Waals surface area contributed by atoms with E-state index in [1.165, 1.54) is 16.7 Å². The number of carboxylic acid groups (broad SMARTS) is 1. The molecule has 6 nitrogen and oxygen atoms in total. The fraction of sp³-hybridized carbons (Fsp3) is 0.600. The first-order valence-corrected chi connectivity index (χ1v) is 6.33. The lowest BCUT2D eigenvalue weighted by atomic mass is 9.88. The van der Waals surface area contributed by atoms with Gasteiger partial charge in [0.25, 0.3) is 0 Å². The zero-order chi connectivity index (χ0) is 12.6. The molecule has 2 atom stereocenters. The van der Waals surface area contributed by atoms with Crippen molar-refractivity contribution in [3.63, 3.8) is 0 Å². The molecule has 2 rings (SSSR count). The Morgan fingerprint density at radius 2 is 2.29 bits per heavy atom. The Bertz CT molecular complexity index is 396. The molecule has 1 fully saturated rings. The highest BCUT2D eigenvalue weighted by molar-refractivity contribution is 8.03. The normalized spacial score (nSPS) is 27.2. The number of nitrogens with zero attached hydrogens (tertiary/aromatic N) is 1. The zero-order valence-corrected chi connectivity index (χ0v) is 9.94. The molecule has 4 N–H and O–H groups in total. The Morgan fingerprint density at radius 1 is 1.59 bits per heavy atom. The second kappa shape index (κ2) is 4.67. The number of nitrogens with two attached hydrogens (primary N) is 1. The van der Waals surface area contributed by atoms with E-state index in [-0.39, 0.29) is 24.3 Å². The summed E-state index contributed by atoms with van der Waals surface area (Å²) in [5, 5.41) is 18.2. The molecule has 2 aliphatic heterocycles. The van der Waals surface area contributed by atoms with E-state index in [1.54, 1.807) is 0 Å². The van der Waals surface area contributed by atoms with Crippen LogP contribution in [0.3, 0.4) is 0 Å². The van der Waals surface area contributed by atoms with Crippen LogP contribution in [0.25, 0.3) is 0 Å². The number of fused-ring (bicyclic) bond motifs is 1. The summed E-state index contributed by atoms with van der Waals surface area (Å²) in [6.07, 6.45) is 0.517. The van der Waals surface area contributed by atoms with Gasteiger partial charge in [0.1, 0.15) is 5.70 Å². The van der Waals surface area contributed by atoms with Gasteiger partial charge in [-0.2, -0.15) is 0 Å². The van der Waals surface area contributed by atoms with Crippen LogP contribution in [0.4, 0.5) is 0 Å². The summed E-state index contributed by atoms with van der Waals surface area (Å²) in [7, 11) is 0. The number of carbonyl (C=O) groups excluding carboxylic acids is 1. The smallest absolute Gasteiger partial charge is 0.353 e. The molecule has 7 heteroatoms. The zero-order valence-electron chi connectivity index (χ0n) is 9.13. The van der Waals surface area contributed by atoms with Crippen molar-refractivity contribution in [2.45, 2.75) is 12.5 Å². The summed E-state index contributed by atoms with van der Waals surface area (Å²) in [5.41, 5.74) is 5.45. The summed E-state index contributed by atoms with van der Waals surface area (Å²) < 4.78 is 0. The van der Waals surface area contributed by atoms with Crippen LogP contribution >= 0.6 is 11.8 Å². The van der Waals surface area contributed by atoms with E-state index < -0.39 is 11.9 Å². The molecule has 0 aromatic rings. The number of carboxylic acids is 1. The minimum absolute atomic E-state index is 0.0724.